The van der Waals surface area contributed by atoms with Gasteiger partial charge in [0.1, 0.15) is 0 Å². The van der Waals surface area contributed by atoms with Crippen molar-refractivity contribution in [3.05, 3.63) is 101 Å². The van der Waals surface area contributed by atoms with Gasteiger partial charge in [-0.1, -0.05) is 86.5 Å². The van der Waals surface area contributed by atoms with Gasteiger partial charge in [0.05, 0.1) is 5.41 Å². The van der Waals surface area contributed by atoms with Gasteiger partial charge in [0.2, 0.25) is 0 Å². The zero-order valence-electron chi connectivity index (χ0n) is 16.0. The lowest BCUT2D eigenvalue weighted by Gasteiger charge is -2.50. The maximum atomic E-state index is 6.34. The van der Waals surface area contributed by atoms with Crippen LogP contribution in [0.25, 0.3) is 0 Å². The third-order valence-corrected chi connectivity index (χ3v) is 7.34. The van der Waals surface area contributed by atoms with E-state index in [1.807, 2.05) is 0 Å². The van der Waals surface area contributed by atoms with E-state index < -0.39 is 0 Å². The second kappa shape index (κ2) is 5.99. The first-order chi connectivity index (χ1) is 13.2. The van der Waals surface area contributed by atoms with Crippen molar-refractivity contribution in [1.82, 2.24) is 0 Å². The lowest BCUT2D eigenvalue weighted by atomic mass is 9.52. The molecule has 0 aliphatic heterocycles. The van der Waals surface area contributed by atoms with Gasteiger partial charge in [-0.25, -0.2) is 0 Å². The summed E-state index contributed by atoms with van der Waals surface area (Å²) in [5.41, 5.74) is 13.0. The van der Waals surface area contributed by atoms with Crippen LogP contribution in [0.1, 0.15) is 60.8 Å². The Morgan fingerprint density at radius 1 is 0.815 bits per heavy atom. The Morgan fingerprint density at radius 2 is 1.44 bits per heavy atom. The standard InChI is InChI=1S/C26H27N/c1-25-17-9-8-14-23(25)22-16-15-21(27)18-24(22)26(25,19-10-4-2-5-11-19)20-12-6-3-7-13-20/h2-7,10-13,15-16,18,23H,8-9,14,17,27H2,1H3. The van der Waals surface area contributed by atoms with E-state index in [0.29, 0.717) is 5.92 Å². The summed E-state index contributed by atoms with van der Waals surface area (Å²) in [7, 11) is 0. The van der Waals surface area contributed by atoms with Crippen molar-refractivity contribution in [3.63, 3.8) is 0 Å². The summed E-state index contributed by atoms with van der Waals surface area (Å²) in [5, 5.41) is 0. The molecule has 5 rings (SSSR count). The minimum atomic E-state index is -0.148. The highest BCUT2D eigenvalue weighted by Crippen LogP contribution is 2.69. The number of nitrogen functional groups attached to an aromatic ring is 1. The Bertz CT molecular complexity index is 921. The molecule has 0 bridgehead atoms. The second-order valence-corrected chi connectivity index (χ2v) is 8.54. The second-order valence-electron chi connectivity index (χ2n) is 8.54. The normalized spacial score (nSPS) is 25.6. The van der Waals surface area contributed by atoms with Crippen molar-refractivity contribution < 1.29 is 0 Å². The molecule has 136 valence electrons. The molecule has 3 aromatic carbocycles. The summed E-state index contributed by atoms with van der Waals surface area (Å²) in [6.45, 7) is 2.53. The molecule has 0 radical (unpaired) electrons. The highest BCUT2D eigenvalue weighted by Gasteiger charge is 2.61. The Kier molecular flexibility index (Phi) is 3.69. The third kappa shape index (κ3) is 2.12. The van der Waals surface area contributed by atoms with Crippen LogP contribution in [-0.2, 0) is 5.41 Å². The van der Waals surface area contributed by atoms with Gasteiger partial charge < -0.3 is 5.73 Å². The molecule has 1 heteroatoms. The van der Waals surface area contributed by atoms with Crippen molar-refractivity contribution in [3.8, 4) is 0 Å². The van der Waals surface area contributed by atoms with Gasteiger partial charge in [-0.05, 0) is 58.6 Å². The molecule has 27 heavy (non-hydrogen) atoms. The van der Waals surface area contributed by atoms with Crippen molar-refractivity contribution in [2.45, 2.75) is 43.9 Å². The van der Waals surface area contributed by atoms with Crippen LogP contribution < -0.4 is 5.73 Å². The fourth-order valence-electron chi connectivity index (χ4n) is 6.30. The summed E-state index contributed by atoms with van der Waals surface area (Å²) in [6, 6.07) is 28.9. The Labute approximate surface area is 162 Å². The molecule has 2 atom stereocenters. The maximum Gasteiger partial charge on any atom is 0.0514 e. The van der Waals surface area contributed by atoms with E-state index in [2.05, 4.69) is 85.8 Å². The van der Waals surface area contributed by atoms with Crippen LogP contribution in [0.15, 0.2) is 78.9 Å². The summed E-state index contributed by atoms with van der Waals surface area (Å²) in [4.78, 5) is 0. The van der Waals surface area contributed by atoms with Crippen molar-refractivity contribution in [1.29, 1.82) is 0 Å². The molecule has 2 unspecified atom stereocenters. The number of benzene rings is 3. The number of anilines is 1. The lowest BCUT2D eigenvalue weighted by molar-refractivity contribution is 0.129. The first kappa shape index (κ1) is 16.6. The van der Waals surface area contributed by atoms with Gasteiger partial charge in [0.15, 0.2) is 0 Å². The highest BCUT2D eigenvalue weighted by molar-refractivity contribution is 5.64. The zero-order valence-corrected chi connectivity index (χ0v) is 16.0. The summed E-state index contributed by atoms with van der Waals surface area (Å²) in [5.74, 6) is 0.585. The van der Waals surface area contributed by atoms with Crippen LogP contribution >= 0.6 is 0 Å². The van der Waals surface area contributed by atoms with Crippen LogP contribution in [0.5, 0.6) is 0 Å². The average molecular weight is 354 g/mol. The first-order valence-electron chi connectivity index (χ1n) is 10.2. The minimum absolute atomic E-state index is 0.148. The van der Waals surface area contributed by atoms with Gasteiger partial charge >= 0.3 is 0 Å². The lowest BCUT2D eigenvalue weighted by Crippen LogP contribution is -2.45. The van der Waals surface area contributed by atoms with E-state index in [0.717, 1.165) is 5.69 Å². The van der Waals surface area contributed by atoms with Crippen LogP contribution in [-0.4, -0.2) is 0 Å². The van der Waals surface area contributed by atoms with E-state index in [9.17, 15) is 0 Å². The van der Waals surface area contributed by atoms with E-state index in [1.165, 1.54) is 47.9 Å². The Balaban J connectivity index is 1.93. The van der Waals surface area contributed by atoms with E-state index >= 15 is 0 Å². The number of hydrogen-bond acceptors (Lipinski definition) is 1. The number of hydrogen-bond donors (Lipinski definition) is 1. The van der Waals surface area contributed by atoms with E-state index in [4.69, 9.17) is 5.73 Å². The van der Waals surface area contributed by atoms with Gasteiger partial charge in [-0.3, -0.25) is 0 Å². The van der Waals surface area contributed by atoms with Gasteiger partial charge in [-0.2, -0.15) is 0 Å². The molecule has 1 fully saturated rings. The molecule has 0 amide bonds. The van der Waals surface area contributed by atoms with Gasteiger partial charge in [0, 0.05) is 5.69 Å². The van der Waals surface area contributed by atoms with Gasteiger partial charge in [-0.15, -0.1) is 0 Å². The molecule has 0 saturated heterocycles. The largest absolute Gasteiger partial charge is 0.399 e. The highest BCUT2D eigenvalue weighted by atomic mass is 14.6. The molecule has 1 nitrogen and oxygen atoms in total. The van der Waals surface area contributed by atoms with Crippen molar-refractivity contribution >= 4 is 5.69 Å². The SMILES string of the molecule is CC12CCCCC1c1ccc(N)cc1C2(c1ccccc1)c1ccccc1. The molecular weight excluding hydrogens is 326 g/mol. The van der Waals surface area contributed by atoms with Crippen LogP contribution in [0, 0.1) is 5.41 Å². The van der Waals surface area contributed by atoms with Crippen LogP contribution in [0.3, 0.4) is 0 Å². The summed E-state index contributed by atoms with van der Waals surface area (Å²) < 4.78 is 0. The molecule has 0 spiro atoms. The smallest absolute Gasteiger partial charge is 0.0514 e. The van der Waals surface area contributed by atoms with Gasteiger partial charge in [0.25, 0.3) is 0 Å². The van der Waals surface area contributed by atoms with Crippen molar-refractivity contribution in [2.75, 3.05) is 5.73 Å². The molecule has 0 heterocycles. The molecule has 0 aromatic heterocycles. The monoisotopic (exact) mass is 353 g/mol. The minimum Gasteiger partial charge on any atom is -0.399 e. The maximum absolute atomic E-state index is 6.34. The topological polar surface area (TPSA) is 26.0 Å². The quantitative estimate of drug-likeness (QED) is 0.539. The fourth-order valence-corrected chi connectivity index (χ4v) is 6.30. The zero-order chi connectivity index (χ0) is 18.5. The molecule has 2 aliphatic rings. The first-order valence-corrected chi connectivity index (χ1v) is 10.2. The molecule has 1 saturated carbocycles. The average Bonchev–Trinajstić information content (AvgIpc) is 2.94. The Morgan fingerprint density at radius 3 is 2.07 bits per heavy atom. The Hall–Kier alpha value is -2.54. The number of fused-ring (bicyclic) bond motifs is 3. The van der Waals surface area contributed by atoms with E-state index in [-0.39, 0.29) is 10.8 Å². The third-order valence-electron chi connectivity index (χ3n) is 7.34. The molecular formula is C26H27N. The summed E-state index contributed by atoms with van der Waals surface area (Å²) >= 11 is 0. The predicted octanol–water partition coefficient (Wildman–Crippen LogP) is 6.28. The van der Waals surface area contributed by atoms with E-state index in [1.54, 1.807) is 0 Å². The van der Waals surface area contributed by atoms with Crippen LogP contribution in [0.2, 0.25) is 0 Å². The molecule has 2 N–H and O–H groups in total. The summed E-state index contributed by atoms with van der Waals surface area (Å²) in [6.07, 6.45) is 5.15. The predicted molar refractivity (Wildman–Crippen MR) is 113 cm³/mol. The molecule has 2 aliphatic carbocycles. The number of nitrogens with two attached hydrogens (primary N) is 1. The van der Waals surface area contributed by atoms with Crippen LogP contribution in [0.4, 0.5) is 5.69 Å². The van der Waals surface area contributed by atoms with Crippen molar-refractivity contribution in [2.24, 2.45) is 5.41 Å². The molecule has 3 aromatic rings. The number of rotatable bonds is 2. The fraction of sp³-hybridized carbons (Fsp3) is 0.308.